The standard InChI is InChI=1S/C14H17F3N/c15-14(16,17)12-6-4-11(5-7-12)13(10-18)8-2-1-3-9-13/h4-7,18H,1-3,8-10H2/q-1. The number of hydrogen-bond acceptors (Lipinski definition) is 0. The van der Waals surface area contributed by atoms with Crippen LogP contribution < -0.4 is 0 Å². The molecule has 0 atom stereocenters. The molecular weight excluding hydrogens is 239 g/mol. The Bertz CT molecular complexity index is 388. The first kappa shape index (κ1) is 13.4. The topological polar surface area (TPSA) is 23.8 Å². The summed E-state index contributed by atoms with van der Waals surface area (Å²) in [5, 5.41) is 0. The van der Waals surface area contributed by atoms with E-state index in [9.17, 15) is 13.2 Å². The maximum Gasteiger partial charge on any atom is 0.416 e. The van der Waals surface area contributed by atoms with Crippen LogP contribution in [0.3, 0.4) is 0 Å². The summed E-state index contributed by atoms with van der Waals surface area (Å²) in [7, 11) is 0. The number of hydrogen-bond donors (Lipinski definition) is 0. The lowest BCUT2D eigenvalue weighted by Crippen LogP contribution is -2.31. The van der Waals surface area contributed by atoms with Crippen LogP contribution in [0.5, 0.6) is 0 Å². The van der Waals surface area contributed by atoms with E-state index in [1.54, 1.807) is 12.1 Å². The Balaban J connectivity index is 2.27. The fourth-order valence-corrected chi connectivity index (χ4v) is 2.81. The lowest BCUT2D eigenvalue weighted by atomic mass is 9.69. The minimum absolute atomic E-state index is 0.220. The Morgan fingerprint density at radius 1 is 1.00 bits per heavy atom. The molecule has 1 N–H and O–H groups in total. The highest BCUT2D eigenvalue weighted by atomic mass is 19.4. The van der Waals surface area contributed by atoms with E-state index < -0.39 is 11.7 Å². The smallest absolute Gasteiger partial charge is 0.416 e. The van der Waals surface area contributed by atoms with Gasteiger partial charge >= 0.3 is 6.18 Å². The van der Waals surface area contributed by atoms with Crippen LogP contribution in [0.15, 0.2) is 24.3 Å². The van der Waals surface area contributed by atoms with E-state index in [4.69, 9.17) is 5.73 Å². The van der Waals surface area contributed by atoms with Gasteiger partial charge in [0.2, 0.25) is 0 Å². The first-order valence-corrected chi connectivity index (χ1v) is 6.30. The van der Waals surface area contributed by atoms with Crippen molar-refractivity contribution in [3.8, 4) is 0 Å². The molecule has 18 heavy (non-hydrogen) atoms. The third-order valence-corrected chi connectivity index (χ3v) is 3.97. The molecule has 1 fully saturated rings. The van der Waals surface area contributed by atoms with E-state index in [0.29, 0.717) is 0 Å². The second kappa shape index (κ2) is 4.92. The van der Waals surface area contributed by atoms with Crippen LogP contribution in [0, 0.1) is 0 Å². The highest BCUT2D eigenvalue weighted by Gasteiger charge is 2.33. The normalized spacial score (nSPS) is 19.8. The van der Waals surface area contributed by atoms with Gasteiger partial charge in [-0.05, 0) is 36.0 Å². The first-order chi connectivity index (χ1) is 8.48. The quantitative estimate of drug-likeness (QED) is 0.714. The predicted molar refractivity (Wildman–Crippen MR) is 65.4 cm³/mol. The maximum absolute atomic E-state index is 12.5. The van der Waals surface area contributed by atoms with Crippen molar-refractivity contribution in [1.29, 1.82) is 0 Å². The summed E-state index contributed by atoms with van der Waals surface area (Å²) < 4.78 is 37.5. The summed E-state index contributed by atoms with van der Waals surface area (Å²) in [5.74, 6) is 0. The van der Waals surface area contributed by atoms with Gasteiger partial charge in [0.15, 0.2) is 0 Å². The van der Waals surface area contributed by atoms with Crippen molar-refractivity contribution in [3.63, 3.8) is 0 Å². The number of benzene rings is 1. The molecule has 0 heterocycles. The van der Waals surface area contributed by atoms with E-state index in [1.807, 2.05) is 0 Å². The van der Waals surface area contributed by atoms with Gasteiger partial charge in [0.05, 0.1) is 5.56 Å². The monoisotopic (exact) mass is 256 g/mol. The number of alkyl halides is 3. The molecular formula is C14H17F3N-. The molecule has 0 saturated heterocycles. The van der Waals surface area contributed by atoms with E-state index in [-0.39, 0.29) is 12.0 Å². The second-order valence-electron chi connectivity index (χ2n) is 5.09. The van der Waals surface area contributed by atoms with Gasteiger partial charge in [0.25, 0.3) is 0 Å². The summed E-state index contributed by atoms with van der Waals surface area (Å²) >= 11 is 0. The zero-order valence-electron chi connectivity index (χ0n) is 10.2. The Kier molecular flexibility index (Phi) is 3.66. The zero-order chi connectivity index (χ0) is 13.2. The average molecular weight is 256 g/mol. The summed E-state index contributed by atoms with van der Waals surface area (Å²) in [6, 6.07) is 5.40. The van der Waals surface area contributed by atoms with Gasteiger partial charge in [0, 0.05) is 0 Å². The van der Waals surface area contributed by atoms with Gasteiger partial charge < -0.3 is 5.73 Å². The van der Waals surface area contributed by atoms with Crippen LogP contribution in [0.1, 0.15) is 43.2 Å². The highest BCUT2D eigenvalue weighted by Crippen LogP contribution is 2.40. The van der Waals surface area contributed by atoms with Crippen molar-refractivity contribution in [2.24, 2.45) is 0 Å². The van der Waals surface area contributed by atoms with Crippen molar-refractivity contribution in [1.82, 2.24) is 0 Å². The molecule has 0 radical (unpaired) electrons. The average Bonchev–Trinajstić information content (AvgIpc) is 2.39. The summed E-state index contributed by atoms with van der Waals surface area (Å²) in [6.45, 7) is 0.262. The Morgan fingerprint density at radius 2 is 1.56 bits per heavy atom. The SMILES string of the molecule is [NH-]CC1(c2ccc(C(F)(F)F)cc2)CCCCC1. The summed E-state index contributed by atoms with van der Waals surface area (Å²) in [6.07, 6.45) is 0.866. The van der Waals surface area contributed by atoms with Crippen molar-refractivity contribution in [2.75, 3.05) is 6.54 Å². The largest absolute Gasteiger partial charge is 0.677 e. The van der Waals surface area contributed by atoms with Crippen molar-refractivity contribution in [2.45, 2.75) is 43.7 Å². The van der Waals surface area contributed by atoms with Crippen molar-refractivity contribution < 1.29 is 13.2 Å². The first-order valence-electron chi connectivity index (χ1n) is 6.30. The lowest BCUT2D eigenvalue weighted by Gasteiger charge is -2.40. The number of rotatable bonds is 2. The molecule has 0 aliphatic heterocycles. The fraction of sp³-hybridized carbons (Fsp3) is 0.571. The Morgan fingerprint density at radius 3 is 2.00 bits per heavy atom. The van der Waals surface area contributed by atoms with Crippen LogP contribution in [-0.4, -0.2) is 6.54 Å². The molecule has 0 bridgehead atoms. The molecule has 1 aromatic carbocycles. The van der Waals surface area contributed by atoms with Gasteiger partial charge in [-0.3, -0.25) is 0 Å². The Hall–Kier alpha value is -1.03. The molecule has 1 aliphatic rings. The van der Waals surface area contributed by atoms with Gasteiger partial charge in [-0.25, -0.2) is 0 Å². The molecule has 0 amide bonds. The summed E-state index contributed by atoms with van der Waals surface area (Å²) in [5.41, 5.74) is 7.80. The van der Waals surface area contributed by atoms with E-state index in [0.717, 1.165) is 43.4 Å². The van der Waals surface area contributed by atoms with E-state index in [2.05, 4.69) is 0 Å². The fourth-order valence-electron chi connectivity index (χ4n) is 2.81. The lowest BCUT2D eigenvalue weighted by molar-refractivity contribution is -0.137. The second-order valence-corrected chi connectivity index (χ2v) is 5.09. The number of nitrogens with one attached hydrogen (secondary N) is 1. The van der Waals surface area contributed by atoms with Gasteiger partial charge in [-0.2, -0.15) is 13.2 Å². The molecule has 0 unspecified atom stereocenters. The number of halogens is 3. The molecule has 1 nitrogen and oxygen atoms in total. The molecule has 1 aromatic rings. The van der Waals surface area contributed by atoms with Gasteiger partial charge in [-0.15, -0.1) is 6.54 Å². The van der Waals surface area contributed by atoms with Crippen LogP contribution in [-0.2, 0) is 11.6 Å². The van der Waals surface area contributed by atoms with Crippen molar-refractivity contribution >= 4 is 0 Å². The van der Waals surface area contributed by atoms with Crippen LogP contribution in [0.25, 0.3) is 5.73 Å². The minimum atomic E-state index is -4.28. The van der Waals surface area contributed by atoms with Gasteiger partial charge in [0.1, 0.15) is 0 Å². The summed E-state index contributed by atoms with van der Waals surface area (Å²) in [4.78, 5) is 0. The van der Waals surface area contributed by atoms with Crippen LogP contribution in [0.4, 0.5) is 13.2 Å². The predicted octanol–water partition coefficient (Wildman–Crippen LogP) is 4.96. The van der Waals surface area contributed by atoms with Crippen LogP contribution in [0.2, 0.25) is 0 Å². The molecule has 1 saturated carbocycles. The third-order valence-electron chi connectivity index (χ3n) is 3.97. The van der Waals surface area contributed by atoms with Gasteiger partial charge in [-0.1, -0.05) is 31.4 Å². The zero-order valence-corrected chi connectivity index (χ0v) is 10.2. The van der Waals surface area contributed by atoms with Crippen molar-refractivity contribution in [3.05, 3.63) is 41.1 Å². The van der Waals surface area contributed by atoms with E-state index in [1.165, 1.54) is 6.42 Å². The molecule has 100 valence electrons. The molecule has 0 aromatic heterocycles. The Labute approximate surface area is 105 Å². The minimum Gasteiger partial charge on any atom is -0.677 e. The van der Waals surface area contributed by atoms with E-state index >= 15 is 0 Å². The molecule has 0 spiro atoms. The molecule has 4 heteroatoms. The van der Waals surface area contributed by atoms with Crippen LogP contribution >= 0.6 is 0 Å². The highest BCUT2D eigenvalue weighted by molar-refractivity contribution is 5.32. The third kappa shape index (κ3) is 2.53. The molecule has 2 rings (SSSR count). The maximum atomic E-state index is 12.5. The molecule has 1 aliphatic carbocycles.